The van der Waals surface area contributed by atoms with E-state index < -0.39 is 101 Å². The molecule has 0 fully saturated rings. The van der Waals surface area contributed by atoms with E-state index in [9.17, 15) is 53.9 Å². The third kappa shape index (κ3) is 19.1. The van der Waals surface area contributed by atoms with Crippen molar-refractivity contribution in [3.8, 4) is 0 Å². The summed E-state index contributed by atoms with van der Waals surface area (Å²) in [5.74, 6) is -11.6. The molecule has 0 saturated heterocycles. The zero-order valence-electron chi connectivity index (χ0n) is 34.6. The van der Waals surface area contributed by atoms with Gasteiger partial charge in [-0.15, -0.1) is 19.7 Å². The summed E-state index contributed by atoms with van der Waals surface area (Å²) in [7, 11) is 1.19. The second-order valence-electron chi connectivity index (χ2n) is 16.8. The minimum atomic E-state index is -4.43. The van der Waals surface area contributed by atoms with Crippen LogP contribution >= 0.6 is 0 Å². The summed E-state index contributed by atoms with van der Waals surface area (Å²) in [6.45, 7) is 28.9. The molecule has 0 aromatic heterocycles. The number of aliphatic carboxylic acids is 2. The third-order valence-corrected chi connectivity index (χ3v) is 10.5. The van der Waals surface area contributed by atoms with Crippen molar-refractivity contribution < 1.29 is 68.8 Å². The Labute approximate surface area is 322 Å². The van der Waals surface area contributed by atoms with Gasteiger partial charge < -0.3 is 14.9 Å². The second-order valence-corrected chi connectivity index (χ2v) is 16.8. The van der Waals surface area contributed by atoms with Crippen LogP contribution < -0.4 is 0 Å². The first-order valence-electron chi connectivity index (χ1n) is 18.0. The van der Waals surface area contributed by atoms with Crippen molar-refractivity contribution in [2.45, 2.75) is 121 Å². The Hall–Kier alpha value is -3.00. The molecule has 15 heteroatoms. The summed E-state index contributed by atoms with van der Waals surface area (Å²) < 4.78 is 122. The number of rotatable bonds is 18. The zero-order chi connectivity index (χ0) is 44.9. The van der Waals surface area contributed by atoms with Crippen LogP contribution in [0.15, 0.2) is 38.0 Å². The summed E-state index contributed by atoms with van der Waals surface area (Å²) in [5, 5.41) is 18.0. The van der Waals surface area contributed by atoms with Crippen molar-refractivity contribution in [1.29, 1.82) is 0 Å². The van der Waals surface area contributed by atoms with E-state index in [1.54, 1.807) is 41.5 Å². The maximum atomic E-state index is 13.2. The van der Waals surface area contributed by atoms with Gasteiger partial charge in [0.15, 0.2) is 0 Å². The number of methoxy groups -OCH3 is 1. The predicted octanol–water partition coefficient (Wildman–Crippen LogP) is 12.5. The fourth-order valence-electron chi connectivity index (χ4n) is 5.87. The molecule has 0 amide bonds. The topological polar surface area (TPSA) is 101 Å². The van der Waals surface area contributed by atoms with Crippen LogP contribution in [0.25, 0.3) is 0 Å². The number of carboxylic acids is 2. The molecule has 0 aliphatic rings. The molecule has 0 unspecified atom stereocenters. The van der Waals surface area contributed by atoms with E-state index in [1.165, 1.54) is 66.9 Å². The highest BCUT2D eigenvalue weighted by Crippen LogP contribution is 2.47. The normalized spacial score (nSPS) is 16.3. The summed E-state index contributed by atoms with van der Waals surface area (Å²) >= 11 is 0. The van der Waals surface area contributed by atoms with E-state index >= 15 is 0 Å². The quantitative estimate of drug-likeness (QED) is 0.0812. The van der Waals surface area contributed by atoms with Gasteiger partial charge in [0.2, 0.25) is 0 Å². The first-order valence-corrected chi connectivity index (χ1v) is 18.0. The van der Waals surface area contributed by atoms with Gasteiger partial charge in [-0.2, -0.15) is 39.5 Å². The summed E-state index contributed by atoms with van der Waals surface area (Å²) in [6, 6.07) is 0. The number of esters is 1. The Kier molecular flexibility index (Phi) is 22.6. The number of carboxylic acid groups (broad SMARTS) is 2. The summed E-state index contributed by atoms with van der Waals surface area (Å²) in [4.78, 5) is 33.7. The number of ether oxygens (including phenoxy) is 1. The van der Waals surface area contributed by atoms with Crippen LogP contribution in [0.4, 0.5) is 39.5 Å². The number of halogens is 9. The Morgan fingerprint density at radius 2 is 0.709 bits per heavy atom. The Morgan fingerprint density at radius 3 is 0.836 bits per heavy atom. The average Bonchev–Trinajstić information content (AvgIpc) is 2.98. The van der Waals surface area contributed by atoms with Gasteiger partial charge in [0, 0.05) is 0 Å². The van der Waals surface area contributed by atoms with Crippen molar-refractivity contribution in [3.05, 3.63) is 38.0 Å². The Bertz CT molecular complexity index is 1170. The van der Waals surface area contributed by atoms with E-state index in [4.69, 9.17) is 10.2 Å². The number of carbonyl (C=O) groups is 3. The third-order valence-electron chi connectivity index (χ3n) is 10.5. The molecule has 0 radical (unpaired) electrons. The van der Waals surface area contributed by atoms with E-state index in [2.05, 4.69) is 24.5 Å². The molecule has 0 aliphatic carbocycles. The molecule has 6 atom stereocenters. The molecular weight excluding hydrogens is 747 g/mol. The SMILES string of the molecule is C=CC(C)(C)[C@@H](C[C@@H](C(=O)O)C(C)C)C(F)(F)F.C=CC(C)(C)[C@@H](C[C@@H](C(=O)OC)C(C)C)C(F)(F)F.C=CC(C)(C)[C@@H](C[C@H](C(=O)O)C(C)C)C(F)(F)F. The summed E-state index contributed by atoms with van der Waals surface area (Å²) in [6.07, 6.45) is -10.6. The lowest BCUT2D eigenvalue weighted by Gasteiger charge is -2.35. The highest BCUT2D eigenvalue weighted by molar-refractivity contribution is 5.72. The van der Waals surface area contributed by atoms with E-state index in [-0.39, 0.29) is 24.2 Å². The van der Waals surface area contributed by atoms with Gasteiger partial charge in [-0.3, -0.25) is 14.4 Å². The van der Waals surface area contributed by atoms with Crippen LogP contribution in [0.3, 0.4) is 0 Å². The number of allylic oxidation sites excluding steroid dienone is 3. The van der Waals surface area contributed by atoms with Gasteiger partial charge in [0.25, 0.3) is 0 Å². The van der Waals surface area contributed by atoms with Crippen molar-refractivity contribution in [3.63, 3.8) is 0 Å². The van der Waals surface area contributed by atoms with Crippen LogP contribution in [0, 0.1) is 69.5 Å². The standard InChI is InChI=1S/C14H23F3O2.2C13H21F3O2/c1-7-13(4,5)11(14(15,16)17)8-10(9(2)3)12(18)19-6;2*1-6-12(4,5)10(13(14,15)16)7-9(8(2)3)11(17)18/h7,9-11H,1,8H2,2-6H3;2*6,8-10H,1,7H2,2-5H3,(H,17,18)/t10-,11-;9-,10+;9-,10-/m101/s1. The van der Waals surface area contributed by atoms with Gasteiger partial charge in [0.1, 0.15) is 0 Å². The smallest absolute Gasteiger partial charge is 0.392 e. The Balaban J connectivity index is -0.000000738. The fraction of sp³-hybridized carbons (Fsp3) is 0.775. The lowest BCUT2D eigenvalue weighted by Crippen LogP contribution is -2.39. The highest BCUT2D eigenvalue weighted by atomic mass is 19.4. The number of carbonyl (C=O) groups excluding carboxylic acids is 1. The zero-order valence-corrected chi connectivity index (χ0v) is 34.6. The number of hydrogen-bond acceptors (Lipinski definition) is 4. The van der Waals surface area contributed by atoms with Gasteiger partial charge in [-0.25, -0.2) is 0 Å². The molecule has 2 N–H and O–H groups in total. The second kappa shape index (κ2) is 22.1. The van der Waals surface area contributed by atoms with Gasteiger partial charge in [-0.1, -0.05) is 101 Å². The maximum Gasteiger partial charge on any atom is 0.392 e. The molecule has 0 aromatic carbocycles. The molecule has 0 heterocycles. The minimum Gasteiger partial charge on any atom is -0.481 e. The molecule has 0 aliphatic heterocycles. The fourth-order valence-corrected chi connectivity index (χ4v) is 5.87. The van der Waals surface area contributed by atoms with E-state index in [0.29, 0.717) is 0 Å². The molecule has 0 spiro atoms. The van der Waals surface area contributed by atoms with Crippen LogP contribution in [0.2, 0.25) is 0 Å². The maximum absolute atomic E-state index is 13.2. The minimum absolute atomic E-state index is 0.210. The molecule has 6 nitrogen and oxygen atoms in total. The molecule has 55 heavy (non-hydrogen) atoms. The first kappa shape index (κ1) is 56.3. The lowest BCUT2D eigenvalue weighted by molar-refractivity contribution is -0.204. The van der Waals surface area contributed by atoms with Crippen molar-refractivity contribution in [2.24, 2.45) is 69.5 Å². The van der Waals surface area contributed by atoms with Crippen LogP contribution in [0.5, 0.6) is 0 Å². The van der Waals surface area contributed by atoms with Crippen LogP contribution in [-0.2, 0) is 19.1 Å². The molecule has 0 rings (SSSR count). The van der Waals surface area contributed by atoms with Crippen LogP contribution in [-0.4, -0.2) is 53.8 Å². The van der Waals surface area contributed by atoms with Crippen LogP contribution in [0.1, 0.15) is 102 Å². The first-order chi connectivity index (χ1) is 24.3. The van der Waals surface area contributed by atoms with Gasteiger partial charge >= 0.3 is 36.4 Å². The molecule has 0 saturated carbocycles. The van der Waals surface area contributed by atoms with Gasteiger partial charge in [0.05, 0.1) is 42.6 Å². The molecule has 0 bridgehead atoms. The Morgan fingerprint density at radius 1 is 0.509 bits per heavy atom. The molecule has 324 valence electrons. The largest absolute Gasteiger partial charge is 0.481 e. The van der Waals surface area contributed by atoms with Crippen molar-refractivity contribution in [1.82, 2.24) is 0 Å². The average molecular weight is 813 g/mol. The van der Waals surface area contributed by atoms with Crippen molar-refractivity contribution >= 4 is 17.9 Å². The summed E-state index contributed by atoms with van der Waals surface area (Å²) in [5.41, 5.74) is -3.49. The molecular formula is C40H65F9O6. The van der Waals surface area contributed by atoms with Crippen molar-refractivity contribution in [2.75, 3.05) is 7.11 Å². The lowest BCUT2D eigenvalue weighted by atomic mass is 9.72. The van der Waals surface area contributed by atoms with E-state index in [1.807, 2.05) is 0 Å². The van der Waals surface area contributed by atoms with Gasteiger partial charge in [-0.05, 0) is 53.3 Å². The number of hydrogen-bond donors (Lipinski definition) is 2. The number of alkyl halides is 9. The monoisotopic (exact) mass is 812 g/mol. The highest BCUT2D eigenvalue weighted by Gasteiger charge is 2.51. The predicted molar refractivity (Wildman–Crippen MR) is 197 cm³/mol. The van der Waals surface area contributed by atoms with E-state index in [0.717, 1.165) is 0 Å². The molecule has 0 aromatic rings.